The molecule has 16 heavy (non-hydrogen) atoms. The molecular weight excluding hydrogens is 200 g/mol. The predicted octanol–water partition coefficient (Wildman–Crippen LogP) is 3.84. The van der Waals surface area contributed by atoms with Crippen LogP contribution in [0.2, 0.25) is 0 Å². The summed E-state index contributed by atoms with van der Waals surface area (Å²) in [6, 6.07) is 3.74. The molecule has 90 valence electrons. The lowest BCUT2D eigenvalue weighted by Crippen LogP contribution is -2.25. The monoisotopic (exact) mass is 222 g/mol. The maximum atomic E-state index is 5.52. The molecule has 3 nitrogen and oxygen atoms in total. The highest BCUT2D eigenvalue weighted by Gasteiger charge is 2.18. The van der Waals surface area contributed by atoms with Crippen LogP contribution in [0.5, 0.6) is 5.75 Å². The second-order valence-corrected chi connectivity index (χ2v) is 2.76. The lowest BCUT2D eigenvalue weighted by Gasteiger charge is -2.25. The minimum Gasteiger partial charge on any atom is -0.481 e. The third-order valence-electron chi connectivity index (χ3n) is 1.84. The van der Waals surface area contributed by atoms with Gasteiger partial charge in [0.1, 0.15) is 6.10 Å². The van der Waals surface area contributed by atoms with Crippen molar-refractivity contribution in [2.24, 2.45) is 0 Å². The first-order valence-corrected chi connectivity index (χ1v) is 5.85. The lowest BCUT2D eigenvalue weighted by atomic mass is 10.2. The topological polar surface area (TPSA) is 34.2 Å². The Hall–Kier alpha value is -1.51. The molecule has 0 aliphatic carbocycles. The van der Waals surface area contributed by atoms with Gasteiger partial charge in [-0.15, -0.1) is 0 Å². The zero-order valence-corrected chi connectivity index (χ0v) is 10.9. The van der Waals surface area contributed by atoms with E-state index in [9.17, 15) is 0 Å². The summed E-state index contributed by atoms with van der Waals surface area (Å²) < 4.78 is 5.52. The van der Waals surface area contributed by atoms with Crippen molar-refractivity contribution in [2.45, 2.75) is 40.7 Å². The van der Waals surface area contributed by atoms with Crippen LogP contribution in [0.4, 0.5) is 5.82 Å². The molecule has 0 saturated heterocycles. The van der Waals surface area contributed by atoms with E-state index in [-0.39, 0.29) is 6.10 Å². The van der Waals surface area contributed by atoms with Gasteiger partial charge in [0.2, 0.25) is 0 Å². The van der Waals surface area contributed by atoms with E-state index in [4.69, 9.17) is 4.74 Å². The number of anilines is 1. The summed E-state index contributed by atoms with van der Waals surface area (Å²) in [7, 11) is 0. The first kappa shape index (κ1) is 14.5. The van der Waals surface area contributed by atoms with Crippen LogP contribution in [0, 0.1) is 0 Å². The minimum atomic E-state index is 0.0155. The third kappa shape index (κ3) is 3.57. The van der Waals surface area contributed by atoms with Gasteiger partial charge in [-0.1, -0.05) is 34.3 Å². The summed E-state index contributed by atoms with van der Waals surface area (Å²) >= 11 is 0. The molecule has 1 aliphatic heterocycles. The van der Waals surface area contributed by atoms with Gasteiger partial charge in [-0.3, -0.25) is 0 Å². The van der Waals surface area contributed by atoms with E-state index in [1.54, 1.807) is 6.20 Å². The Morgan fingerprint density at radius 3 is 2.56 bits per heavy atom. The van der Waals surface area contributed by atoms with Crippen molar-refractivity contribution in [2.75, 3.05) is 5.32 Å². The standard InChI is InChI=1S/C9H10N2O.2C2H6/c1-6-7(2)12-8-4-3-5-10-9(8)11-6;2*1-2/h3-5,7H,1H2,2H3,(H,10,11);2*1-2H3. The van der Waals surface area contributed by atoms with E-state index in [0.29, 0.717) is 0 Å². The molecule has 2 rings (SSSR count). The molecule has 1 unspecified atom stereocenters. The molecule has 0 spiro atoms. The molecule has 2 heterocycles. The fourth-order valence-corrected chi connectivity index (χ4v) is 1.09. The first-order valence-electron chi connectivity index (χ1n) is 5.85. The summed E-state index contributed by atoms with van der Waals surface area (Å²) in [5, 5.41) is 3.08. The molecule has 0 fully saturated rings. The van der Waals surface area contributed by atoms with Crippen molar-refractivity contribution < 1.29 is 4.74 Å². The fourth-order valence-electron chi connectivity index (χ4n) is 1.09. The molecule has 0 aromatic carbocycles. The van der Waals surface area contributed by atoms with E-state index in [2.05, 4.69) is 16.9 Å². The Bertz CT molecular complexity index is 323. The number of hydrogen-bond acceptors (Lipinski definition) is 3. The first-order chi connectivity index (χ1) is 7.77. The van der Waals surface area contributed by atoms with Crippen LogP contribution in [0.15, 0.2) is 30.6 Å². The number of rotatable bonds is 0. The number of pyridine rings is 1. The molecule has 1 atom stereocenters. The molecule has 1 aromatic rings. The van der Waals surface area contributed by atoms with Gasteiger partial charge in [0.05, 0.1) is 5.70 Å². The highest BCUT2D eigenvalue weighted by atomic mass is 16.5. The minimum absolute atomic E-state index is 0.0155. The van der Waals surface area contributed by atoms with Gasteiger partial charge < -0.3 is 10.1 Å². The summed E-state index contributed by atoms with van der Waals surface area (Å²) in [5.74, 6) is 1.54. The summed E-state index contributed by atoms with van der Waals surface area (Å²) in [6.07, 6.45) is 1.74. The van der Waals surface area contributed by atoms with Crippen molar-refractivity contribution in [1.82, 2.24) is 4.98 Å². The normalized spacial score (nSPS) is 16.3. The van der Waals surface area contributed by atoms with Crippen LogP contribution in [0.1, 0.15) is 34.6 Å². The SMILES string of the molecule is C=C1Nc2ncccc2OC1C.CC.CC. The van der Waals surface area contributed by atoms with Crippen LogP contribution in [0.25, 0.3) is 0 Å². The Morgan fingerprint density at radius 2 is 1.94 bits per heavy atom. The van der Waals surface area contributed by atoms with Crippen molar-refractivity contribution in [3.05, 3.63) is 30.6 Å². The maximum Gasteiger partial charge on any atom is 0.173 e. The van der Waals surface area contributed by atoms with Crippen LogP contribution in [-0.2, 0) is 0 Å². The van der Waals surface area contributed by atoms with Gasteiger partial charge >= 0.3 is 0 Å². The van der Waals surface area contributed by atoms with Gasteiger partial charge in [-0.25, -0.2) is 4.98 Å². The number of fused-ring (bicyclic) bond motifs is 1. The van der Waals surface area contributed by atoms with Gasteiger partial charge in [-0.2, -0.15) is 0 Å². The van der Waals surface area contributed by atoms with Crippen LogP contribution in [0.3, 0.4) is 0 Å². The van der Waals surface area contributed by atoms with Crippen molar-refractivity contribution in [3.8, 4) is 5.75 Å². The van der Waals surface area contributed by atoms with Gasteiger partial charge in [0, 0.05) is 6.20 Å². The molecule has 0 radical (unpaired) electrons. The van der Waals surface area contributed by atoms with E-state index in [0.717, 1.165) is 17.3 Å². The second kappa shape index (κ2) is 7.74. The summed E-state index contributed by atoms with van der Waals surface area (Å²) in [4.78, 5) is 4.11. The van der Waals surface area contributed by atoms with E-state index < -0.39 is 0 Å². The van der Waals surface area contributed by atoms with Crippen molar-refractivity contribution in [1.29, 1.82) is 0 Å². The summed E-state index contributed by atoms with van der Waals surface area (Å²) in [6.45, 7) is 13.8. The van der Waals surface area contributed by atoms with Gasteiger partial charge in [-0.05, 0) is 19.1 Å². The molecule has 1 N–H and O–H groups in total. The third-order valence-corrected chi connectivity index (χ3v) is 1.84. The Kier molecular flexibility index (Phi) is 7.01. The quantitative estimate of drug-likeness (QED) is 0.724. The maximum absolute atomic E-state index is 5.52. The lowest BCUT2D eigenvalue weighted by molar-refractivity contribution is 0.251. The van der Waals surface area contributed by atoms with Crippen molar-refractivity contribution in [3.63, 3.8) is 0 Å². The Morgan fingerprint density at radius 1 is 1.31 bits per heavy atom. The van der Waals surface area contributed by atoms with Crippen molar-refractivity contribution >= 4 is 5.82 Å². The number of aromatic nitrogens is 1. The summed E-state index contributed by atoms with van der Waals surface area (Å²) in [5.41, 5.74) is 0.848. The van der Waals surface area contributed by atoms with E-state index in [1.165, 1.54) is 0 Å². The smallest absolute Gasteiger partial charge is 0.173 e. The molecule has 3 heteroatoms. The van der Waals surface area contributed by atoms with Crippen LogP contribution >= 0.6 is 0 Å². The van der Waals surface area contributed by atoms with Crippen LogP contribution in [-0.4, -0.2) is 11.1 Å². The highest BCUT2D eigenvalue weighted by Crippen LogP contribution is 2.29. The molecule has 0 amide bonds. The molecular formula is C13H22N2O. The predicted molar refractivity (Wildman–Crippen MR) is 69.8 cm³/mol. The number of nitrogens with one attached hydrogen (secondary N) is 1. The number of ether oxygens (including phenoxy) is 1. The fraction of sp³-hybridized carbons (Fsp3) is 0.462. The zero-order valence-electron chi connectivity index (χ0n) is 10.9. The van der Waals surface area contributed by atoms with E-state index in [1.807, 2.05) is 46.8 Å². The molecule has 1 aliphatic rings. The largest absolute Gasteiger partial charge is 0.481 e. The molecule has 0 saturated carbocycles. The number of nitrogens with zero attached hydrogens (tertiary/aromatic N) is 1. The highest BCUT2D eigenvalue weighted by molar-refractivity contribution is 5.56. The Labute approximate surface area is 98.6 Å². The second-order valence-electron chi connectivity index (χ2n) is 2.76. The molecule has 1 aromatic heterocycles. The zero-order chi connectivity index (χ0) is 12.6. The average molecular weight is 222 g/mol. The van der Waals surface area contributed by atoms with Crippen LogP contribution < -0.4 is 10.1 Å². The molecule has 0 bridgehead atoms. The van der Waals surface area contributed by atoms with E-state index >= 15 is 0 Å². The number of hydrogen-bond donors (Lipinski definition) is 1. The Balaban J connectivity index is 0.000000509. The van der Waals surface area contributed by atoms with Gasteiger partial charge in [0.15, 0.2) is 11.6 Å². The van der Waals surface area contributed by atoms with Gasteiger partial charge in [0.25, 0.3) is 0 Å². The average Bonchev–Trinajstić information content (AvgIpc) is 2.36.